The quantitative estimate of drug-likeness (QED) is 0.928. The molecule has 0 radical (unpaired) electrons. The average Bonchev–Trinajstić information content (AvgIpc) is 2.47. The summed E-state index contributed by atoms with van der Waals surface area (Å²) in [6.45, 7) is 0.490. The van der Waals surface area contributed by atoms with Gasteiger partial charge in [0.25, 0.3) is 0 Å². The van der Waals surface area contributed by atoms with Crippen LogP contribution in [0.15, 0.2) is 30.3 Å². The molecule has 5 heteroatoms. The van der Waals surface area contributed by atoms with Crippen molar-refractivity contribution in [3.8, 4) is 0 Å². The molecule has 1 aliphatic heterocycles. The Kier molecular flexibility index (Phi) is 5.09. The maximum Gasteiger partial charge on any atom is 0.326 e. The third-order valence-electron chi connectivity index (χ3n) is 3.56. The van der Waals surface area contributed by atoms with Crippen molar-refractivity contribution in [2.24, 2.45) is 0 Å². The van der Waals surface area contributed by atoms with E-state index in [0.29, 0.717) is 18.5 Å². The van der Waals surface area contributed by atoms with E-state index in [0.717, 1.165) is 12.8 Å². The van der Waals surface area contributed by atoms with E-state index in [4.69, 9.17) is 5.11 Å². The first-order valence-corrected chi connectivity index (χ1v) is 7.02. The van der Waals surface area contributed by atoms with Gasteiger partial charge in [-0.3, -0.25) is 4.79 Å². The number of amides is 1. The molecule has 1 unspecified atom stereocenters. The highest BCUT2D eigenvalue weighted by atomic mass is 19.1. The number of halogens is 1. The molecular formula is C16H18FNO3. The average molecular weight is 291 g/mol. The van der Waals surface area contributed by atoms with Gasteiger partial charge in [0.15, 0.2) is 0 Å². The Morgan fingerprint density at radius 3 is 2.90 bits per heavy atom. The van der Waals surface area contributed by atoms with Crippen LogP contribution < -0.4 is 0 Å². The number of aliphatic carboxylic acids is 1. The summed E-state index contributed by atoms with van der Waals surface area (Å²) >= 11 is 0. The normalized spacial score (nSPS) is 18.9. The number of nitrogens with zero attached hydrogens (tertiary/aromatic N) is 1. The maximum absolute atomic E-state index is 13.0. The van der Waals surface area contributed by atoms with Crippen LogP contribution >= 0.6 is 0 Å². The minimum atomic E-state index is -0.947. The zero-order valence-corrected chi connectivity index (χ0v) is 11.7. The lowest BCUT2D eigenvalue weighted by atomic mass is 10.0. The van der Waals surface area contributed by atoms with Gasteiger partial charge in [0.05, 0.1) is 0 Å². The van der Waals surface area contributed by atoms with Gasteiger partial charge in [-0.05, 0) is 37.0 Å². The first-order valence-electron chi connectivity index (χ1n) is 7.02. The minimum Gasteiger partial charge on any atom is -0.480 e. The smallest absolute Gasteiger partial charge is 0.326 e. The highest BCUT2D eigenvalue weighted by molar-refractivity contribution is 5.85. The molecule has 1 N–H and O–H groups in total. The summed E-state index contributed by atoms with van der Waals surface area (Å²) in [6, 6.07) is 5.36. The SMILES string of the molecule is O=C(O)C1CCCCN1C(=O)C/C=C/c1cccc(F)c1. The molecule has 2 rings (SSSR count). The van der Waals surface area contributed by atoms with Crippen molar-refractivity contribution >= 4 is 18.0 Å². The van der Waals surface area contributed by atoms with Crippen LogP contribution in [0.25, 0.3) is 6.08 Å². The molecule has 0 spiro atoms. The Bertz CT molecular complexity index is 556. The molecule has 0 aromatic heterocycles. The molecule has 1 saturated heterocycles. The third-order valence-corrected chi connectivity index (χ3v) is 3.56. The lowest BCUT2D eigenvalue weighted by Gasteiger charge is -2.32. The number of benzene rings is 1. The summed E-state index contributed by atoms with van der Waals surface area (Å²) in [5.74, 6) is -1.47. The molecule has 21 heavy (non-hydrogen) atoms. The largest absolute Gasteiger partial charge is 0.480 e. The second-order valence-electron chi connectivity index (χ2n) is 5.10. The van der Waals surface area contributed by atoms with Crippen LogP contribution in [0.4, 0.5) is 4.39 Å². The Hall–Kier alpha value is -2.17. The number of carboxylic acids is 1. The molecule has 1 aliphatic rings. The molecule has 0 saturated carbocycles. The summed E-state index contributed by atoms with van der Waals surface area (Å²) < 4.78 is 13.0. The lowest BCUT2D eigenvalue weighted by molar-refractivity contribution is -0.151. The number of piperidine rings is 1. The molecule has 1 aromatic rings. The van der Waals surface area contributed by atoms with Crippen LogP contribution in [0.5, 0.6) is 0 Å². The van der Waals surface area contributed by atoms with Crippen LogP contribution in [0.2, 0.25) is 0 Å². The van der Waals surface area contributed by atoms with Crippen LogP contribution in [-0.2, 0) is 9.59 Å². The molecule has 1 fully saturated rings. The molecule has 112 valence electrons. The molecule has 0 bridgehead atoms. The van der Waals surface area contributed by atoms with Gasteiger partial charge in [0.1, 0.15) is 11.9 Å². The number of hydrogen-bond acceptors (Lipinski definition) is 2. The summed E-state index contributed by atoms with van der Waals surface area (Å²) in [4.78, 5) is 24.7. The Morgan fingerprint density at radius 2 is 2.19 bits per heavy atom. The Morgan fingerprint density at radius 1 is 1.38 bits per heavy atom. The van der Waals surface area contributed by atoms with Crippen LogP contribution in [-0.4, -0.2) is 34.5 Å². The Balaban J connectivity index is 1.95. The summed E-state index contributed by atoms with van der Waals surface area (Å²) in [5, 5.41) is 9.14. The van der Waals surface area contributed by atoms with E-state index >= 15 is 0 Å². The minimum absolute atomic E-state index is 0.125. The number of carboxylic acid groups (broad SMARTS) is 1. The first-order chi connectivity index (χ1) is 10.1. The number of hydrogen-bond donors (Lipinski definition) is 1. The molecule has 1 heterocycles. The van der Waals surface area contributed by atoms with Crippen LogP contribution in [0, 0.1) is 5.82 Å². The molecule has 4 nitrogen and oxygen atoms in total. The zero-order valence-electron chi connectivity index (χ0n) is 11.7. The predicted molar refractivity (Wildman–Crippen MR) is 77.0 cm³/mol. The zero-order chi connectivity index (χ0) is 15.2. The van der Waals surface area contributed by atoms with E-state index < -0.39 is 12.0 Å². The molecule has 1 amide bonds. The van der Waals surface area contributed by atoms with Gasteiger partial charge in [-0.15, -0.1) is 0 Å². The standard InChI is InChI=1S/C16H18FNO3/c17-13-7-3-5-12(11-13)6-4-9-15(19)18-10-2-1-8-14(18)16(20)21/h3-7,11,14H,1-2,8-10H2,(H,20,21)/b6-4+. The van der Waals surface area contributed by atoms with Crippen molar-refractivity contribution in [2.45, 2.75) is 31.7 Å². The van der Waals surface area contributed by atoms with Gasteiger partial charge in [-0.2, -0.15) is 0 Å². The molecule has 1 aromatic carbocycles. The summed E-state index contributed by atoms with van der Waals surface area (Å²) in [7, 11) is 0. The van der Waals surface area contributed by atoms with Gasteiger partial charge in [0.2, 0.25) is 5.91 Å². The van der Waals surface area contributed by atoms with Crippen molar-refractivity contribution in [1.29, 1.82) is 0 Å². The van der Waals surface area contributed by atoms with E-state index in [-0.39, 0.29) is 18.1 Å². The number of likely N-dealkylation sites (tertiary alicyclic amines) is 1. The van der Waals surface area contributed by atoms with Gasteiger partial charge in [-0.25, -0.2) is 9.18 Å². The van der Waals surface area contributed by atoms with E-state index in [1.165, 1.54) is 17.0 Å². The summed E-state index contributed by atoms with van der Waals surface area (Å²) in [5.41, 5.74) is 0.677. The van der Waals surface area contributed by atoms with Gasteiger partial charge in [-0.1, -0.05) is 24.3 Å². The van der Waals surface area contributed by atoms with Gasteiger partial charge < -0.3 is 10.0 Å². The molecular weight excluding hydrogens is 273 g/mol. The van der Waals surface area contributed by atoms with E-state index in [2.05, 4.69) is 0 Å². The van der Waals surface area contributed by atoms with Crippen molar-refractivity contribution in [1.82, 2.24) is 4.90 Å². The Labute approximate surface area is 122 Å². The van der Waals surface area contributed by atoms with E-state index in [1.807, 2.05) is 0 Å². The monoisotopic (exact) mass is 291 g/mol. The van der Waals surface area contributed by atoms with Crippen molar-refractivity contribution in [3.05, 3.63) is 41.7 Å². The highest BCUT2D eigenvalue weighted by Gasteiger charge is 2.30. The highest BCUT2D eigenvalue weighted by Crippen LogP contribution is 2.18. The second-order valence-corrected chi connectivity index (χ2v) is 5.10. The third kappa shape index (κ3) is 4.15. The number of carbonyl (C=O) groups is 2. The van der Waals surface area contributed by atoms with Gasteiger partial charge in [0, 0.05) is 13.0 Å². The van der Waals surface area contributed by atoms with Gasteiger partial charge >= 0.3 is 5.97 Å². The number of rotatable bonds is 4. The molecule has 1 atom stereocenters. The van der Waals surface area contributed by atoms with Crippen molar-refractivity contribution in [2.75, 3.05) is 6.54 Å². The topological polar surface area (TPSA) is 57.6 Å². The van der Waals surface area contributed by atoms with E-state index in [1.54, 1.807) is 24.3 Å². The fourth-order valence-corrected chi connectivity index (χ4v) is 2.51. The summed E-state index contributed by atoms with van der Waals surface area (Å²) in [6.07, 6.45) is 5.61. The van der Waals surface area contributed by atoms with Crippen LogP contribution in [0.3, 0.4) is 0 Å². The second kappa shape index (κ2) is 7.02. The predicted octanol–water partition coefficient (Wildman–Crippen LogP) is 2.69. The fraction of sp³-hybridized carbons (Fsp3) is 0.375. The lowest BCUT2D eigenvalue weighted by Crippen LogP contribution is -2.47. The van der Waals surface area contributed by atoms with Crippen LogP contribution in [0.1, 0.15) is 31.2 Å². The number of carbonyl (C=O) groups excluding carboxylic acids is 1. The van der Waals surface area contributed by atoms with Crippen molar-refractivity contribution < 1.29 is 19.1 Å². The maximum atomic E-state index is 13.0. The fourth-order valence-electron chi connectivity index (χ4n) is 2.51. The van der Waals surface area contributed by atoms with E-state index in [9.17, 15) is 14.0 Å². The first kappa shape index (κ1) is 15.2. The van der Waals surface area contributed by atoms with Crippen molar-refractivity contribution in [3.63, 3.8) is 0 Å². The molecule has 0 aliphatic carbocycles.